The zero-order valence-electron chi connectivity index (χ0n) is 16.3. The first kappa shape index (κ1) is 19.8. The summed E-state index contributed by atoms with van der Waals surface area (Å²) in [5.41, 5.74) is 8.36. The second kappa shape index (κ2) is 8.39. The topological polar surface area (TPSA) is 114 Å². The van der Waals surface area contributed by atoms with Crippen molar-refractivity contribution >= 4 is 28.6 Å². The third-order valence-electron chi connectivity index (χ3n) is 4.69. The van der Waals surface area contributed by atoms with Crippen molar-refractivity contribution in [2.24, 2.45) is 0 Å². The number of aliphatic hydroxyl groups is 1. The molecule has 2 unspecified atom stereocenters. The number of imidazole rings is 1. The van der Waals surface area contributed by atoms with Crippen LogP contribution in [-0.2, 0) is 13.1 Å². The average molecular weight is 387 g/mol. The van der Waals surface area contributed by atoms with Crippen LogP contribution in [0.25, 0.3) is 11.2 Å². The van der Waals surface area contributed by atoms with Crippen LogP contribution in [0.1, 0.15) is 32.8 Å². The molecule has 0 saturated heterocycles. The van der Waals surface area contributed by atoms with E-state index < -0.39 is 6.10 Å². The van der Waals surface area contributed by atoms with Crippen molar-refractivity contribution in [2.75, 3.05) is 16.4 Å². The first-order valence-corrected chi connectivity index (χ1v) is 9.38. The maximum atomic E-state index is 13.5. The van der Waals surface area contributed by atoms with E-state index in [1.54, 1.807) is 13.3 Å². The van der Waals surface area contributed by atoms with Crippen LogP contribution in [0.5, 0.6) is 0 Å². The molecule has 3 aromatic rings. The number of halogens is 1. The van der Waals surface area contributed by atoms with Gasteiger partial charge >= 0.3 is 0 Å². The zero-order valence-corrected chi connectivity index (χ0v) is 16.3. The number of anilines is 3. The van der Waals surface area contributed by atoms with Gasteiger partial charge in [-0.25, -0.2) is 9.37 Å². The van der Waals surface area contributed by atoms with E-state index in [1.165, 1.54) is 18.2 Å². The third-order valence-corrected chi connectivity index (χ3v) is 4.69. The molecule has 2 atom stereocenters. The number of hydrogen-bond acceptors (Lipinski definition) is 7. The van der Waals surface area contributed by atoms with Gasteiger partial charge in [-0.15, -0.1) is 0 Å². The van der Waals surface area contributed by atoms with Crippen LogP contribution in [0.3, 0.4) is 0 Å². The molecule has 0 aliphatic carbocycles. The number of nitrogens with two attached hydrogens (primary N) is 1. The van der Waals surface area contributed by atoms with Crippen molar-refractivity contribution in [3.8, 4) is 0 Å². The van der Waals surface area contributed by atoms with Crippen molar-refractivity contribution in [1.82, 2.24) is 19.5 Å². The fourth-order valence-electron chi connectivity index (χ4n) is 3.00. The van der Waals surface area contributed by atoms with Gasteiger partial charge in [0.25, 0.3) is 0 Å². The SMILES string of the molecule is CCC(Nc1nc(NCc2cc(F)ccc2N)c2ncn(CC)c2n1)C(C)O. The summed E-state index contributed by atoms with van der Waals surface area (Å²) in [6.45, 7) is 6.70. The van der Waals surface area contributed by atoms with E-state index in [4.69, 9.17) is 5.73 Å². The zero-order chi connectivity index (χ0) is 20.3. The molecule has 0 spiro atoms. The molecule has 8 nitrogen and oxygen atoms in total. The molecule has 150 valence electrons. The Morgan fingerprint density at radius 1 is 1.29 bits per heavy atom. The average Bonchev–Trinajstić information content (AvgIpc) is 3.09. The standard InChI is InChI=1S/C19H26FN7O/c1-4-15(11(3)28)24-19-25-17(16-18(26-19)27(5-2)10-23-16)22-9-12-8-13(20)6-7-14(12)21/h6-8,10-11,15,28H,4-5,9,21H2,1-3H3,(H2,22,24,25,26). The van der Waals surface area contributed by atoms with E-state index in [2.05, 4.69) is 25.6 Å². The number of hydrogen-bond donors (Lipinski definition) is 4. The van der Waals surface area contributed by atoms with Gasteiger partial charge in [-0.1, -0.05) is 6.92 Å². The van der Waals surface area contributed by atoms with Gasteiger partial charge < -0.3 is 26.0 Å². The van der Waals surface area contributed by atoms with Gasteiger partial charge in [-0.3, -0.25) is 0 Å². The normalized spacial score (nSPS) is 13.5. The van der Waals surface area contributed by atoms with Gasteiger partial charge in [0.2, 0.25) is 5.95 Å². The van der Waals surface area contributed by atoms with Gasteiger partial charge in [0, 0.05) is 18.8 Å². The number of rotatable bonds is 8. The minimum atomic E-state index is -0.552. The maximum Gasteiger partial charge on any atom is 0.227 e. The summed E-state index contributed by atoms with van der Waals surface area (Å²) in [6, 6.07) is 4.08. The number of aromatic nitrogens is 4. The molecule has 0 bridgehead atoms. The number of benzene rings is 1. The minimum Gasteiger partial charge on any atom is -0.398 e. The maximum absolute atomic E-state index is 13.5. The predicted molar refractivity (Wildman–Crippen MR) is 109 cm³/mol. The van der Waals surface area contributed by atoms with E-state index in [9.17, 15) is 9.50 Å². The van der Waals surface area contributed by atoms with Gasteiger partial charge in [0.15, 0.2) is 17.0 Å². The van der Waals surface area contributed by atoms with E-state index in [0.717, 1.165) is 0 Å². The molecule has 0 radical (unpaired) electrons. The smallest absolute Gasteiger partial charge is 0.227 e. The summed E-state index contributed by atoms with van der Waals surface area (Å²) < 4.78 is 15.4. The highest BCUT2D eigenvalue weighted by molar-refractivity contribution is 5.84. The van der Waals surface area contributed by atoms with Crippen LogP contribution < -0.4 is 16.4 Å². The second-order valence-corrected chi connectivity index (χ2v) is 6.69. The quantitative estimate of drug-likeness (QED) is 0.439. The van der Waals surface area contributed by atoms with Crippen LogP contribution in [0.4, 0.5) is 21.8 Å². The fourth-order valence-corrected chi connectivity index (χ4v) is 3.00. The molecular formula is C19H26FN7O. The molecule has 0 fully saturated rings. The highest BCUT2D eigenvalue weighted by atomic mass is 19.1. The molecular weight excluding hydrogens is 361 g/mol. The Morgan fingerprint density at radius 3 is 2.75 bits per heavy atom. The summed E-state index contributed by atoms with van der Waals surface area (Å²) in [6.07, 6.45) is 1.87. The van der Waals surface area contributed by atoms with Crippen LogP contribution in [0, 0.1) is 5.82 Å². The molecule has 28 heavy (non-hydrogen) atoms. The molecule has 2 heterocycles. The lowest BCUT2D eigenvalue weighted by Gasteiger charge is -2.20. The van der Waals surface area contributed by atoms with Crippen molar-refractivity contribution in [1.29, 1.82) is 0 Å². The van der Waals surface area contributed by atoms with Crippen LogP contribution in [-0.4, -0.2) is 36.8 Å². The van der Waals surface area contributed by atoms with Gasteiger partial charge in [0.1, 0.15) is 5.82 Å². The van der Waals surface area contributed by atoms with E-state index in [-0.39, 0.29) is 11.9 Å². The second-order valence-electron chi connectivity index (χ2n) is 6.69. The van der Waals surface area contributed by atoms with Crippen molar-refractivity contribution in [3.63, 3.8) is 0 Å². The van der Waals surface area contributed by atoms with Gasteiger partial charge in [0.05, 0.1) is 18.5 Å². The lowest BCUT2D eigenvalue weighted by molar-refractivity contribution is 0.169. The monoisotopic (exact) mass is 387 g/mol. The molecule has 9 heteroatoms. The third kappa shape index (κ3) is 4.14. The summed E-state index contributed by atoms with van der Waals surface area (Å²) in [5, 5.41) is 16.3. The molecule has 5 N–H and O–H groups in total. The first-order chi connectivity index (χ1) is 13.4. The Morgan fingerprint density at radius 2 is 2.07 bits per heavy atom. The number of aryl methyl sites for hydroxylation is 1. The fraction of sp³-hybridized carbons (Fsp3) is 0.421. The number of nitrogens with one attached hydrogen (secondary N) is 2. The number of nitrogens with zero attached hydrogens (tertiary/aromatic N) is 4. The minimum absolute atomic E-state index is 0.179. The lowest BCUT2D eigenvalue weighted by Crippen LogP contribution is -2.31. The molecule has 1 aromatic carbocycles. The predicted octanol–water partition coefficient (Wildman–Crippen LogP) is 2.75. The Bertz CT molecular complexity index is 957. The largest absolute Gasteiger partial charge is 0.398 e. The first-order valence-electron chi connectivity index (χ1n) is 9.38. The van der Waals surface area contributed by atoms with Crippen LogP contribution in [0.2, 0.25) is 0 Å². The molecule has 0 aliphatic rings. The van der Waals surface area contributed by atoms with E-state index >= 15 is 0 Å². The van der Waals surface area contributed by atoms with Crippen LogP contribution in [0.15, 0.2) is 24.5 Å². The Hall–Kier alpha value is -2.94. The Balaban J connectivity index is 1.95. The van der Waals surface area contributed by atoms with Crippen molar-refractivity contribution < 1.29 is 9.50 Å². The molecule has 0 saturated carbocycles. The van der Waals surface area contributed by atoms with E-state index in [0.29, 0.717) is 53.7 Å². The molecule has 2 aromatic heterocycles. The highest BCUT2D eigenvalue weighted by Crippen LogP contribution is 2.23. The summed E-state index contributed by atoms with van der Waals surface area (Å²) in [4.78, 5) is 13.5. The van der Waals surface area contributed by atoms with Crippen molar-refractivity contribution in [2.45, 2.75) is 52.4 Å². The van der Waals surface area contributed by atoms with Gasteiger partial charge in [-0.05, 0) is 44.0 Å². The summed E-state index contributed by atoms with van der Waals surface area (Å²) in [5.74, 6) is 0.563. The Kier molecular flexibility index (Phi) is 5.93. The molecule has 0 aliphatic heterocycles. The van der Waals surface area contributed by atoms with Crippen LogP contribution >= 0.6 is 0 Å². The summed E-state index contributed by atoms with van der Waals surface area (Å²) in [7, 11) is 0. The highest BCUT2D eigenvalue weighted by Gasteiger charge is 2.17. The van der Waals surface area contributed by atoms with Gasteiger partial charge in [-0.2, -0.15) is 9.97 Å². The Labute approximate surface area is 163 Å². The molecule has 0 amide bonds. The van der Waals surface area contributed by atoms with Crippen molar-refractivity contribution in [3.05, 3.63) is 35.9 Å². The van der Waals surface area contributed by atoms with E-state index in [1.807, 2.05) is 18.4 Å². The molecule has 3 rings (SSSR count). The lowest BCUT2D eigenvalue weighted by atomic mass is 10.1. The summed E-state index contributed by atoms with van der Waals surface area (Å²) >= 11 is 0. The number of aliphatic hydroxyl groups excluding tert-OH is 1. The number of fused-ring (bicyclic) bond motifs is 1. The number of nitrogen functional groups attached to an aromatic ring is 1.